The van der Waals surface area contributed by atoms with Crippen molar-refractivity contribution in [1.29, 1.82) is 5.26 Å². The van der Waals surface area contributed by atoms with Crippen molar-refractivity contribution in [2.24, 2.45) is 5.92 Å². The van der Waals surface area contributed by atoms with Crippen LogP contribution in [0.3, 0.4) is 0 Å². The van der Waals surface area contributed by atoms with E-state index >= 15 is 0 Å². The van der Waals surface area contributed by atoms with Crippen molar-refractivity contribution in [3.05, 3.63) is 12.1 Å². The lowest BCUT2D eigenvalue weighted by Crippen LogP contribution is -2.29. The molecule has 0 aromatic carbocycles. The van der Waals surface area contributed by atoms with E-state index < -0.39 is 0 Å². The minimum atomic E-state index is 0.109. The maximum Gasteiger partial charge on any atom is 0.239 e. The molecular formula is C14H20N4O. The Balaban J connectivity index is 2.07. The van der Waals surface area contributed by atoms with E-state index in [1.54, 1.807) is 6.07 Å². The highest BCUT2D eigenvalue weighted by Crippen LogP contribution is 2.31. The highest BCUT2D eigenvalue weighted by Gasteiger charge is 2.23. The van der Waals surface area contributed by atoms with Crippen LogP contribution in [0.5, 0.6) is 5.88 Å². The maximum atomic E-state index is 8.74. The molecule has 0 saturated heterocycles. The van der Waals surface area contributed by atoms with Crippen LogP contribution >= 0.6 is 0 Å². The summed E-state index contributed by atoms with van der Waals surface area (Å²) < 4.78 is 5.66. The second-order valence-electron chi connectivity index (χ2n) is 5.14. The predicted molar refractivity (Wildman–Crippen MR) is 75.0 cm³/mol. The van der Waals surface area contributed by atoms with E-state index in [4.69, 9.17) is 15.7 Å². The number of hydrogen-bond acceptors (Lipinski definition) is 5. The molecule has 1 unspecified atom stereocenters. The molecule has 102 valence electrons. The van der Waals surface area contributed by atoms with Crippen molar-refractivity contribution in [1.82, 2.24) is 4.98 Å². The van der Waals surface area contributed by atoms with Crippen molar-refractivity contribution < 1.29 is 4.74 Å². The molecule has 1 aromatic rings. The second kappa shape index (κ2) is 5.79. The number of nitrogens with two attached hydrogens (primary N) is 1. The quantitative estimate of drug-likeness (QED) is 0.848. The van der Waals surface area contributed by atoms with Gasteiger partial charge in [-0.15, -0.1) is 0 Å². The molecule has 5 nitrogen and oxygen atoms in total. The van der Waals surface area contributed by atoms with Crippen LogP contribution in [-0.4, -0.2) is 24.7 Å². The Bertz CT molecular complexity index is 479. The minimum absolute atomic E-state index is 0.109. The number of nitrogen functional groups attached to an aromatic ring is 1. The molecular weight excluding hydrogens is 240 g/mol. The number of ether oxygens (including phenoxy) is 1. The standard InChI is InChI=1S/C14H20N4O/c1-10(7-8-15)18(2)13-6-5-12(16)14(17-13)19-9-11-3-4-11/h5-6,10-11H,3-4,7,9,16H2,1-2H3. The zero-order chi connectivity index (χ0) is 13.8. The lowest BCUT2D eigenvalue weighted by Gasteiger charge is -2.24. The Hall–Kier alpha value is -1.96. The first-order valence-corrected chi connectivity index (χ1v) is 6.61. The highest BCUT2D eigenvalue weighted by molar-refractivity contribution is 5.54. The molecule has 5 heteroatoms. The molecule has 1 saturated carbocycles. The van der Waals surface area contributed by atoms with E-state index in [2.05, 4.69) is 11.1 Å². The molecule has 1 atom stereocenters. The monoisotopic (exact) mass is 260 g/mol. The van der Waals surface area contributed by atoms with Crippen molar-refractivity contribution in [2.45, 2.75) is 32.2 Å². The third-order valence-electron chi connectivity index (χ3n) is 3.44. The normalized spacial score (nSPS) is 15.6. The number of pyridine rings is 1. The molecule has 0 amide bonds. The van der Waals surface area contributed by atoms with Gasteiger partial charge in [0.2, 0.25) is 5.88 Å². The van der Waals surface area contributed by atoms with Crippen LogP contribution in [0, 0.1) is 17.2 Å². The van der Waals surface area contributed by atoms with Gasteiger partial charge in [0.15, 0.2) is 0 Å². The van der Waals surface area contributed by atoms with Crippen LogP contribution in [0.25, 0.3) is 0 Å². The smallest absolute Gasteiger partial charge is 0.239 e. The van der Waals surface area contributed by atoms with Gasteiger partial charge in [-0.05, 0) is 37.8 Å². The average Bonchev–Trinajstić information content (AvgIpc) is 3.21. The third-order valence-corrected chi connectivity index (χ3v) is 3.44. The second-order valence-corrected chi connectivity index (χ2v) is 5.14. The van der Waals surface area contributed by atoms with Crippen molar-refractivity contribution in [3.63, 3.8) is 0 Å². The first kappa shape index (κ1) is 13.5. The number of rotatable bonds is 6. The lowest BCUT2D eigenvalue weighted by atomic mass is 10.2. The number of nitriles is 1. The van der Waals surface area contributed by atoms with Crippen molar-refractivity contribution in [2.75, 3.05) is 24.3 Å². The summed E-state index contributed by atoms with van der Waals surface area (Å²) in [5.41, 5.74) is 6.43. The summed E-state index contributed by atoms with van der Waals surface area (Å²) >= 11 is 0. The number of anilines is 2. The van der Waals surface area contributed by atoms with Crippen molar-refractivity contribution in [3.8, 4) is 11.9 Å². The predicted octanol–water partition coefficient (Wildman–Crippen LogP) is 2.19. The molecule has 1 aliphatic carbocycles. The Morgan fingerprint density at radius 3 is 2.95 bits per heavy atom. The summed E-state index contributed by atoms with van der Waals surface area (Å²) in [7, 11) is 1.92. The SMILES string of the molecule is CC(CC#N)N(C)c1ccc(N)c(OCC2CC2)n1. The van der Waals surface area contributed by atoms with Crippen LogP contribution in [0.1, 0.15) is 26.2 Å². The highest BCUT2D eigenvalue weighted by atomic mass is 16.5. The topological polar surface area (TPSA) is 75.2 Å². The van der Waals surface area contributed by atoms with Gasteiger partial charge in [0, 0.05) is 13.1 Å². The zero-order valence-electron chi connectivity index (χ0n) is 11.5. The van der Waals surface area contributed by atoms with Gasteiger partial charge in [0.05, 0.1) is 24.8 Å². The number of nitrogens with zero attached hydrogens (tertiary/aromatic N) is 3. The largest absolute Gasteiger partial charge is 0.476 e. The lowest BCUT2D eigenvalue weighted by molar-refractivity contribution is 0.290. The van der Waals surface area contributed by atoms with Gasteiger partial charge in [0.1, 0.15) is 5.82 Å². The average molecular weight is 260 g/mol. The van der Waals surface area contributed by atoms with Crippen molar-refractivity contribution >= 4 is 11.5 Å². The molecule has 2 N–H and O–H groups in total. The van der Waals surface area contributed by atoms with Gasteiger partial charge in [-0.1, -0.05) is 0 Å². The summed E-state index contributed by atoms with van der Waals surface area (Å²) in [5.74, 6) is 1.95. The Labute approximate surface area is 114 Å². The number of aromatic nitrogens is 1. The van der Waals surface area contributed by atoms with Gasteiger partial charge in [0.25, 0.3) is 0 Å². The first-order valence-electron chi connectivity index (χ1n) is 6.61. The van der Waals surface area contributed by atoms with Crippen LogP contribution < -0.4 is 15.4 Å². The summed E-state index contributed by atoms with van der Waals surface area (Å²) in [4.78, 5) is 6.41. The van der Waals surface area contributed by atoms with Crippen LogP contribution in [-0.2, 0) is 0 Å². The van der Waals surface area contributed by atoms with E-state index in [1.807, 2.05) is 24.9 Å². The van der Waals surface area contributed by atoms with E-state index in [9.17, 15) is 0 Å². The van der Waals surface area contributed by atoms with Gasteiger partial charge >= 0.3 is 0 Å². The third kappa shape index (κ3) is 3.50. The summed E-state index contributed by atoms with van der Waals surface area (Å²) in [5, 5.41) is 8.74. The Kier molecular flexibility index (Phi) is 4.10. The molecule has 1 aromatic heterocycles. The van der Waals surface area contributed by atoms with Crippen LogP contribution in [0.4, 0.5) is 11.5 Å². The molecule has 0 bridgehead atoms. The Morgan fingerprint density at radius 2 is 2.32 bits per heavy atom. The van der Waals surface area contributed by atoms with Crippen LogP contribution in [0.15, 0.2) is 12.1 Å². The van der Waals surface area contributed by atoms with Gasteiger partial charge in [-0.3, -0.25) is 0 Å². The Morgan fingerprint density at radius 1 is 1.58 bits per heavy atom. The first-order chi connectivity index (χ1) is 9.11. The van der Waals surface area contributed by atoms with Gasteiger partial charge < -0.3 is 15.4 Å². The zero-order valence-corrected chi connectivity index (χ0v) is 11.5. The molecule has 1 fully saturated rings. The molecule has 1 heterocycles. The molecule has 1 aliphatic rings. The van der Waals surface area contributed by atoms with Crippen LogP contribution in [0.2, 0.25) is 0 Å². The number of hydrogen-bond donors (Lipinski definition) is 1. The van der Waals surface area contributed by atoms with E-state index in [0.29, 0.717) is 30.5 Å². The molecule has 19 heavy (non-hydrogen) atoms. The molecule has 0 radical (unpaired) electrons. The van der Waals surface area contributed by atoms with E-state index in [1.165, 1.54) is 12.8 Å². The fourth-order valence-corrected chi connectivity index (χ4v) is 1.73. The summed E-state index contributed by atoms with van der Waals surface area (Å²) in [6.07, 6.45) is 2.93. The minimum Gasteiger partial charge on any atom is -0.476 e. The van der Waals surface area contributed by atoms with E-state index in [0.717, 1.165) is 5.82 Å². The fraction of sp³-hybridized carbons (Fsp3) is 0.571. The van der Waals surface area contributed by atoms with Gasteiger partial charge in [-0.25, -0.2) is 0 Å². The van der Waals surface area contributed by atoms with E-state index in [-0.39, 0.29) is 6.04 Å². The molecule has 2 rings (SSSR count). The fourth-order valence-electron chi connectivity index (χ4n) is 1.73. The summed E-state index contributed by atoms with van der Waals surface area (Å²) in [6.45, 7) is 2.68. The summed E-state index contributed by atoms with van der Waals surface area (Å²) in [6, 6.07) is 5.94. The molecule has 0 spiro atoms. The molecule has 0 aliphatic heterocycles. The maximum absolute atomic E-state index is 8.74. The van der Waals surface area contributed by atoms with Gasteiger partial charge in [-0.2, -0.15) is 10.2 Å².